The summed E-state index contributed by atoms with van der Waals surface area (Å²) in [6.07, 6.45) is 1.70. The first-order chi connectivity index (χ1) is 4.36. The van der Waals surface area contributed by atoms with Crippen LogP contribution < -0.4 is 16.4 Å². The van der Waals surface area contributed by atoms with E-state index in [4.69, 9.17) is 5.73 Å². The number of nitrogens with one attached hydrogen (secondary N) is 2. The predicted molar refractivity (Wildman–Crippen MR) is 34.0 cm³/mol. The molecule has 0 aromatic heterocycles. The lowest BCUT2D eigenvalue weighted by atomic mass is 10.4. The van der Waals surface area contributed by atoms with Crippen molar-refractivity contribution in [3.63, 3.8) is 0 Å². The van der Waals surface area contributed by atoms with E-state index in [1.165, 1.54) is 0 Å². The van der Waals surface area contributed by atoms with E-state index in [2.05, 4.69) is 20.6 Å². The first-order valence-electron chi connectivity index (χ1n) is 2.74. The van der Waals surface area contributed by atoms with Crippen LogP contribution in [0.15, 0.2) is 9.98 Å². The largest absolute Gasteiger partial charge is 0.370 e. The lowest BCUT2D eigenvalue weighted by molar-refractivity contribution is 0.551. The van der Waals surface area contributed by atoms with Gasteiger partial charge >= 0.3 is 0 Å². The second-order valence-electron chi connectivity index (χ2n) is 1.99. The van der Waals surface area contributed by atoms with Crippen molar-refractivity contribution in [3.8, 4) is 0 Å². The summed E-state index contributed by atoms with van der Waals surface area (Å²) in [6.45, 7) is 0. The van der Waals surface area contributed by atoms with Crippen LogP contribution in [0.2, 0.25) is 0 Å². The van der Waals surface area contributed by atoms with E-state index in [9.17, 15) is 0 Å². The summed E-state index contributed by atoms with van der Waals surface area (Å²) in [5.41, 5.74) is 5.35. The first kappa shape index (κ1) is 4.60. The molecule has 0 spiro atoms. The third-order valence-corrected chi connectivity index (χ3v) is 1.35. The molecular weight excluding hydrogens is 118 g/mol. The molecule has 2 heterocycles. The van der Waals surface area contributed by atoms with Gasteiger partial charge in [-0.2, -0.15) is 0 Å². The Morgan fingerprint density at radius 2 is 2.56 bits per heavy atom. The highest BCUT2D eigenvalue weighted by molar-refractivity contribution is 5.81. The highest BCUT2D eigenvalue weighted by atomic mass is 15.4. The Labute approximate surface area is 52.1 Å². The Kier molecular flexibility index (Phi) is 0.700. The summed E-state index contributed by atoms with van der Waals surface area (Å²) in [7, 11) is 0. The molecule has 0 fully saturated rings. The van der Waals surface area contributed by atoms with Gasteiger partial charge in [-0.25, -0.2) is 9.98 Å². The third-order valence-electron chi connectivity index (χ3n) is 1.35. The van der Waals surface area contributed by atoms with Crippen molar-refractivity contribution in [1.29, 1.82) is 0 Å². The number of nitrogens with two attached hydrogens (primary N) is 1. The Balaban J connectivity index is 2.21. The van der Waals surface area contributed by atoms with E-state index in [0.717, 1.165) is 0 Å². The van der Waals surface area contributed by atoms with E-state index in [1.54, 1.807) is 6.34 Å². The molecule has 2 rings (SSSR count). The van der Waals surface area contributed by atoms with Gasteiger partial charge in [0, 0.05) is 0 Å². The molecular formula is C4H7N5. The molecule has 2 aliphatic rings. The van der Waals surface area contributed by atoms with Crippen molar-refractivity contribution in [3.05, 3.63) is 0 Å². The van der Waals surface area contributed by atoms with Crippen molar-refractivity contribution in [2.75, 3.05) is 0 Å². The summed E-state index contributed by atoms with van der Waals surface area (Å²) in [5.74, 6) is 0.467. The molecule has 2 aliphatic heterocycles. The van der Waals surface area contributed by atoms with Crippen LogP contribution in [0.4, 0.5) is 0 Å². The highest BCUT2D eigenvalue weighted by Crippen LogP contribution is 2.06. The second-order valence-corrected chi connectivity index (χ2v) is 1.99. The molecule has 48 valence electrons. The quantitative estimate of drug-likeness (QED) is 0.357. The molecule has 0 saturated heterocycles. The fourth-order valence-corrected chi connectivity index (χ4v) is 0.935. The van der Waals surface area contributed by atoms with E-state index in [1.807, 2.05) is 0 Å². The Morgan fingerprint density at radius 3 is 3.33 bits per heavy atom. The van der Waals surface area contributed by atoms with E-state index in [-0.39, 0.29) is 12.3 Å². The third kappa shape index (κ3) is 0.540. The van der Waals surface area contributed by atoms with Crippen molar-refractivity contribution in [1.82, 2.24) is 10.6 Å². The van der Waals surface area contributed by atoms with Gasteiger partial charge in [-0.05, 0) is 0 Å². The van der Waals surface area contributed by atoms with Gasteiger partial charge in [-0.3, -0.25) is 0 Å². The number of fused-ring (bicyclic) bond motifs is 1. The molecule has 5 nitrogen and oxygen atoms in total. The average molecular weight is 125 g/mol. The zero-order valence-corrected chi connectivity index (χ0v) is 4.70. The second kappa shape index (κ2) is 1.37. The van der Waals surface area contributed by atoms with Crippen molar-refractivity contribution >= 4 is 12.3 Å². The highest BCUT2D eigenvalue weighted by Gasteiger charge is 2.28. The van der Waals surface area contributed by atoms with E-state index >= 15 is 0 Å². The Morgan fingerprint density at radius 1 is 1.67 bits per heavy atom. The van der Waals surface area contributed by atoms with Crippen molar-refractivity contribution in [2.45, 2.75) is 12.3 Å². The number of hydrogen-bond donors (Lipinski definition) is 3. The predicted octanol–water partition coefficient (Wildman–Crippen LogP) is -1.81. The Hall–Kier alpha value is -1.26. The molecule has 0 amide bonds. The summed E-state index contributed by atoms with van der Waals surface area (Å²) in [5, 5.41) is 5.86. The van der Waals surface area contributed by atoms with Crippen LogP contribution in [0, 0.1) is 0 Å². The molecule has 0 aromatic carbocycles. The lowest BCUT2D eigenvalue weighted by Gasteiger charge is -2.06. The molecule has 9 heavy (non-hydrogen) atoms. The zero-order valence-electron chi connectivity index (χ0n) is 4.70. The normalized spacial score (nSPS) is 37.1. The van der Waals surface area contributed by atoms with Gasteiger partial charge in [0.05, 0.1) is 6.34 Å². The standard InChI is InChI=1S/C4H7N5/c5-4-8-2-3(9-4)7-1-6-2/h1-3H,(H,6,7)(H3,5,8,9)/t2-,3+. The van der Waals surface area contributed by atoms with Crippen LogP contribution in [-0.4, -0.2) is 24.6 Å². The molecule has 4 N–H and O–H groups in total. The van der Waals surface area contributed by atoms with Gasteiger partial charge in [0.2, 0.25) is 0 Å². The number of hydrogen-bond acceptors (Lipinski definition) is 5. The van der Waals surface area contributed by atoms with E-state index < -0.39 is 0 Å². The summed E-state index contributed by atoms with van der Waals surface area (Å²) in [6, 6.07) is 0. The number of rotatable bonds is 0. The van der Waals surface area contributed by atoms with Gasteiger partial charge in [0.1, 0.15) is 6.17 Å². The van der Waals surface area contributed by atoms with Crippen molar-refractivity contribution in [2.24, 2.45) is 15.7 Å². The maximum Gasteiger partial charge on any atom is 0.192 e. The van der Waals surface area contributed by atoms with Crippen LogP contribution in [-0.2, 0) is 0 Å². The smallest absolute Gasteiger partial charge is 0.192 e. The molecule has 0 bridgehead atoms. The fourth-order valence-electron chi connectivity index (χ4n) is 0.935. The van der Waals surface area contributed by atoms with Gasteiger partial charge in [0.15, 0.2) is 12.1 Å². The van der Waals surface area contributed by atoms with Crippen LogP contribution in [0.25, 0.3) is 0 Å². The molecule has 2 atom stereocenters. The van der Waals surface area contributed by atoms with Crippen LogP contribution in [0.5, 0.6) is 0 Å². The minimum atomic E-state index is -0.0370. The number of guanidine groups is 1. The topological polar surface area (TPSA) is 74.8 Å². The summed E-state index contributed by atoms with van der Waals surface area (Å²) < 4.78 is 0. The Bertz CT molecular complexity index is 183. The maximum absolute atomic E-state index is 5.35. The molecule has 0 aromatic rings. The number of nitrogens with zero attached hydrogens (tertiary/aromatic N) is 2. The van der Waals surface area contributed by atoms with E-state index in [0.29, 0.717) is 5.96 Å². The minimum Gasteiger partial charge on any atom is -0.370 e. The van der Waals surface area contributed by atoms with Gasteiger partial charge < -0.3 is 16.4 Å². The number of aliphatic imine (C=N–C) groups is 2. The molecule has 5 heteroatoms. The van der Waals surface area contributed by atoms with Gasteiger partial charge in [0.25, 0.3) is 0 Å². The van der Waals surface area contributed by atoms with Crippen LogP contribution >= 0.6 is 0 Å². The molecule has 0 unspecified atom stereocenters. The minimum absolute atomic E-state index is 0.0370. The van der Waals surface area contributed by atoms with Crippen LogP contribution in [0.3, 0.4) is 0 Å². The summed E-state index contributed by atoms with van der Waals surface area (Å²) >= 11 is 0. The first-order valence-corrected chi connectivity index (χ1v) is 2.74. The van der Waals surface area contributed by atoms with Crippen LogP contribution in [0.1, 0.15) is 0 Å². The average Bonchev–Trinajstić information content (AvgIpc) is 2.22. The zero-order chi connectivity index (χ0) is 6.27. The van der Waals surface area contributed by atoms with Gasteiger partial charge in [-0.15, -0.1) is 0 Å². The lowest BCUT2D eigenvalue weighted by Crippen LogP contribution is -2.43. The monoisotopic (exact) mass is 125 g/mol. The summed E-state index contributed by atoms with van der Waals surface area (Å²) in [4.78, 5) is 7.96. The molecule has 0 saturated carbocycles. The molecule has 0 radical (unpaired) electrons. The maximum atomic E-state index is 5.35. The van der Waals surface area contributed by atoms with Gasteiger partial charge in [-0.1, -0.05) is 0 Å². The van der Waals surface area contributed by atoms with Crippen molar-refractivity contribution < 1.29 is 0 Å². The molecule has 0 aliphatic carbocycles. The SMILES string of the molecule is NC1=N[C@H]2N=CN[C@H]2N1. The fraction of sp³-hybridized carbons (Fsp3) is 0.500.